The number of rotatable bonds is 8. The number of ether oxygens (including phenoxy) is 1. The number of urea groups is 1. The van der Waals surface area contributed by atoms with E-state index in [1.54, 1.807) is 0 Å². The SMILES string of the molecule is CC(=O)NC1C(NC(=O)CCCCC2SCC3NC(=O)NC32)OC(CO)C(O)C1O. The van der Waals surface area contributed by atoms with E-state index in [9.17, 15) is 29.7 Å². The predicted octanol–water partition coefficient (Wildman–Crippen LogP) is -2.23. The summed E-state index contributed by atoms with van der Waals surface area (Å²) in [6.45, 7) is 0.716. The van der Waals surface area contributed by atoms with Gasteiger partial charge in [0.15, 0.2) is 6.23 Å². The summed E-state index contributed by atoms with van der Waals surface area (Å²) in [7, 11) is 0. The molecule has 30 heavy (non-hydrogen) atoms. The second kappa shape index (κ2) is 10.1. The van der Waals surface area contributed by atoms with E-state index in [2.05, 4.69) is 21.3 Å². The van der Waals surface area contributed by atoms with Crippen LogP contribution in [0.5, 0.6) is 0 Å². The Hall–Kier alpha value is -1.60. The first-order chi connectivity index (χ1) is 14.3. The number of carbonyl (C=O) groups is 3. The van der Waals surface area contributed by atoms with Crippen LogP contribution < -0.4 is 21.3 Å². The zero-order valence-corrected chi connectivity index (χ0v) is 17.6. The van der Waals surface area contributed by atoms with Gasteiger partial charge in [0, 0.05) is 24.3 Å². The molecule has 7 N–H and O–H groups in total. The number of hydrogen-bond donors (Lipinski definition) is 7. The third kappa shape index (κ3) is 5.35. The molecule has 12 heteroatoms. The third-order valence-electron chi connectivity index (χ3n) is 5.68. The molecule has 3 aliphatic rings. The van der Waals surface area contributed by atoms with Crippen molar-refractivity contribution in [3.8, 4) is 0 Å². The number of aliphatic hydroxyl groups excluding tert-OH is 3. The van der Waals surface area contributed by atoms with E-state index in [1.165, 1.54) is 6.92 Å². The molecule has 0 aromatic carbocycles. The zero-order valence-electron chi connectivity index (χ0n) is 16.7. The molecule has 3 saturated heterocycles. The Morgan fingerprint density at radius 3 is 2.67 bits per heavy atom. The summed E-state index contributed by atoms with van der Waals surface area (Å²) in [4.78, 5) is 35.2. The molecular formula is C18H30N4O7S. The van der Waals surface area contributed by atoms with E-state index >= 15 is 0 Å². The molecule has 0 aliphatic carbocycles. The Morgan fingerprint density at radius 1 is 1.20 bits per heavy atom. The Labute approximate surface area is 178 Å². The summed E-state index contributed by atoms with van der Waals surface area (Å²) in [5.41, 5.74) is 0. The van der Waals surface area contributed by atoms with Gasteiger partial charge in [0.25, 0.3) is 0 Å². The van der Waals surface area contributed by atoms with Gasteiger partial charge >= 0.3 is 6.03 Å². The molecule has 3 aliphatic heterocycles. The first-order valence-electron chi connectivity index (χ1n) is 10.2. The van der Waals surface area contributed by atoms with E-state index in [0.717, 1.165) is 18.6 Å². The lowest BCUT2D eigenvalue weighted by molar-refractivity contribution is -0.203. The summed E-state index contributed by atoms with van der Waals surface area (Å²) in [5, 5.41) is 40.9. The van der Waals surface area contributed by atoms with Crippen LogP contribution in [0.2, 0.25) is 0 Å². The van der Waals surface area contributed by atoms with Gasteiger partial charge in [-0.3, -0.25) is 9.59 Å². The fourth-order valence-electron chi connectivity index (χ4n) is 4.14. The van der Waals surface area contributed by atoms with Crippen LogP contribution in [-0.2, 0) is 14.3 Å². The number of hydrogen-bond acceptors (Lipinski definition) is 8. The van der Waals surface area contributed by atoms with Crippen molar-refractivity contribution in [2.24, 2.45) is 0 Å². The number of aliphatic hydroxyl groups is 3. The average Bonchev–Trinajstić information content (AvgIpc) is 3.23. The number of amides is 4. The Morgan fingerprint density at radius 2 is 1.97 bits per heavy atom. The molecule has 0 saturated carbocycles. The number of carbonyl (C=O) groups excluding carboxylic acids is 3. The van der Waals surface area contributed by atoms with E-state index in [1.807, 2.05) is 11.8 Å². The first-order valence-corrected chi connectivity index (χ1v) is 11.2. The van der Waals surface area contributed by atoms with Crippen LogP contribution in [0.1, 0.15) is 32.6 Å². The molecule has 0 aromatic heterocycles. The van der Waals surface area contributed by atoms with Crippen molar-refractivity contribution in [1.29, 1.82) is 0 Å². The molecule has 8 atom stereocenters. The van der Waals surface area contributed by atoms with E-state index in [4.69, 9.17) is 4.74 Å². The minimum absolute atomic E-state index is 0.121. The maximum Gasteiger partial charge on any atom is 0.315 e. The van der Waals surface area contributed by atoms with Gasteiger partial charge < -0.3 is 41.3 Å². The maximum absolute atomic E-state index is 12.4. The highest BCUT2D eigenvalue weighted by atomic mass is 32.2. The highest BCUT2D eigenvalue weighted by Crippen LogP contribution is 2.33. The molecule has 3 heterocycles. The van der Waals surface area contributed by atoms with Crippen LogP contribution in [0.25, 0.3) is 0 Å². The molecule has 3 fully saturated rings. The first kappa shape index (κ1) is 23.1. The standard InChI is InChI=1S/C18H30N4O7S/c1-8(24)19-14-16(27)15(26)10(6-23)29-17(14)21-12(25)5-3-2-4-11-13-9(7-30-11)20-18(28)22-13/h9-11,13-17,23,26-27H,2-7H2,1H3,(H,19,24)(H,21,25)(H2,20,22,28). The second-order valence-corrected chi connectivity index (χ2v) is 9.19. The molecule has 4 amide bonds. The predicted molar refractivity (Wildman–Crippen MR) is 107 cm³/mol. The number of unbranched alkanes of at least 4 members (excludes halogenated alkanes) is 1. The maximum atomic E-state index is 12.4. The summed E-state index contributed by atoms with van der Waals surface area (Å²) >= 11 is 1.82. The Kier molecular flexibility index (Phi) is 7.80. The molecule has 8 unspecified atom stereocenters. The van der Waals surface area contributed by atoms with Gasteiger partial charge in [-0.2, -0.15) is 11.8 Å². The highest BCUT2D eigenvalue weighted by molar-refractivity contribution is 8.00. The van der Waals surface area contributed by atoms with E-state index in [-0.39, 0.29) is 30.4 Å². The van der Waals surface area contributed by atoms with Crippen molar-refractivity contribution >= 4 is 29.6 Å². The lowest BCUT2D eigenvalue weighted by atomic mass is 9.95. The molecule has 0 aromatic rings. The van der Waals surface area contributed by atoms with Crippen molar-refractivity contribution in [2.75, 3.05) is 12.4 Å². The number of nitrogens with one attached hydrogen (secondary N) is 4. The van der Waals surface area contributed by atoms with Crippen LogP contribution in [0.15, 0.2) is 0 Å². The second-order valence-electron chi connectivity index (χ2n) is 7.92. The lowest BCUT2D eigenvalue weighted by Crippen LogP contribution is -2.68. The normalized spacial score (nSPS) is 37.8. The smallest absolute Gasteiger partial charge is 0.315 e. The topological polar surface area (TPSA) is 169 Å². The summed E-state index contributed by atoms with van der Waals surface area (Å²) < 4.78 is 5.49. The van der Waals surface area contributed by atoms with E-state index < -0.39 is 43.1 Å². The molecule has 0 bridgehead atoms. The van der Waals surface area contributed by atoms with Crippen molar-refractivity contribution in [2.45, 2.75) is 80.5 Å². The molecule has 0 radical (unpaired) electrons. The fraction of sp³-hybridized carbons (Fsp3) is 0.833. The monoisotopic (exact) mass is 446 g/mol. The van der Waals surface area contributed by atoms with Gasteiger partial charge in [0.1, 0.15) is 24.4 Å². The molecule has 170 valence electrons. The van der Waals surface area contributed by atoms with Gasteiger partial charge in [-0.05, 0) is 12.8 Å². The van der Waals surface area contributed by atoms with Gasteiger partial charge in [-0.25, -0.2) is 4.79 Å². The van der Waals surface area contributed by atoms with E-state index in [0.29, 0.717) is 11.7 Å². The summed E-state index contributed by atoms with van der Waals surface area (Å²) in [5.74, 6) is 0.124. The largest absolute Gasteiger partial charge is 0.394 e. The lowest BCUT2D eigenvalue weighted by Gasteiger charge is -2.42. The number of fused-ring (bicyclic) bond motifs is 1. The third-order valence-corrected chi connectivity index (χ3v) is 7.19. The average molecular weight is 447 g/mol. The minimum atomic E-state index is -1.40. The van der Waals surface area contributed by atoms with Crippen molar-refractivity contribution in [3.63, 3.8) is 0 Å². The highest BCUT2D eigenvalue weighted by Gasteiger charge is 2.45. The Balaban J connectivity index is 1.44. The molecule has 0 spiro atoms. The van der Waals surface area contributed by atoms with Crippen molar-refractivity contribution < 1.29 is 34.4 Å². The van der Waals surface area contributed by atoms with Gasteiger partial charge in [-0.1, -0.05) is 6.42 Å². The molecular weight excluding hydrogens is 416 g/mol. The zero-order chi connectivity index (χ0) is 21.8. The minimum Gasteiger partial charge on any atom is -0.394 e. The molecule has 11 nitrogen and oxygen atoms in total. The summed E-state index contributed by atoms with van der Waals surface area (Å²) in [6.07, 6.45) is -2.37. The fourth-order valence-corrected chi connectivity index (χ4v) is 5.68. The van der Waals surface area contributed by atoms with Crippen molar-refractivity contribution in [3.05, 3.63) is 0 Å². The van der Waals surface area contributed by atoms with Gasteiger partial charge in [0.2, 0.25) is 11.8 Å². The van der Waals surface area contributed by atoms with Gasteiger partial charge in [0.05, 0.1) is 18.7 Å². The summed E-state index contributed by atoms with van der Waals surface area (Å²) in [6, 6.07) is -0.848. The van der Waals surface area contributed by atoms with Crippen molar-refractivity contribution in [1.82, 2.24) is 21.3 Å². The quantitative estimate of drug-likeness (QED) is 0.162. The van der Waals surface area contributed by atoms with Crippen LogP contribution in [0.3, 0.4) is 0 Å². The van der Waals surface area contributed by atoms with Crippen LogP contribution in [0, 0.1) is 0 Å². The molecule has 3 rings (SSSR count). The van der Waals surface area contributed by atoms with Crippen LogP contribution in [-0.4, -0.2) is 93.4 Å². The van der Waals surface area contributed by atoms with Gasteiger partial charge in [-0.15, -0.1) is 0 Å². The van der Waals surface area contributed by atoms with Crippen LogP contribution >= 0.6 is 11.8 Å². The Bertz CT molecular complexity index is 654. The van der Waals surface area contributed by atoms with Crippen LogP contribution in [0.4, 0.5) is 4.79 Å². The number of thioether (sulfide) groups is 1.